The van der Waals surface area contributed by atoms with E-state index in [0.717, 1.165) is 12.8 Å². The zero-order valence-electron chi connectivity index (χ0n) is 16.9. The molecule has 0 aromatic heterocycles. The highest BCUT2D eigenvalue weighted by atomic mass is 16.5. The van der Waals surface area contributed by atoms with Crippen molar-refractivity contribution in [2.24, 2.45) is 0 Å². The van der Waals surface area contributed by atoms with Gasteiger partial charge in [0.15, 0.2) is 0 Å². The standard InChI is InChI=1S/C23H27N3O3/c1-23(17-8-4-3-5-9-17)12-14-26(15-13-23)22(28)24-18-16-29-20-11-7-6-10-19(20)25(2)21(18)27/h3-11,18H,12-16H2,1-2H3,(H,24,28)/t18-/m0/s1. The van der Waals surface area contributed by atoms with Crippen LogP contribution in [-0.2, 0) is 10.2 Å². The van der Waals surface area contributed by atoms with Gasteiger partial charge in [-0.15, -0.1) is 0 Å². The van der Waals surface area contributed by atoms with Gasteiger partial charge in [-0.2, -0.15) is 0 Å². The van der Waals surface area contributed by atoms with Crippen molar-refractivity contribution in [3.8, 4) is 5.75 Å². The molecule has 0 spiro atoms. The summed E-state index contributed by atoms with van der Waals surface area (Å²) in [5.41, 5.74) is 2.10. The number of ether oxygens (including phenoxy) is 1. The van der Waals surface area contributed by atoms with Crippen molar-refractivity contribution < 1.29 is 14.3 Å². The van der Waals surface area contributed by atoms with Crippen LogP contribution in [0.25, 0.3) is 0 Å². The number of likely N-dealkylation sites (N-methyl/N-ethyl adjacent to an activating group) is 1. The number of hydrogen-bond donors (Lipinski definition) is 1. The summed E-state index contributed by atoms with van der Waals surface area (Å²) in [4.78, 5) is 29.0. The minimum absolute atomic E-state index is 0.0706. The van der Waals surface area contributed by atoms with E-state index < -0.39 is 6.04 Å². The van der Waals surface area contributed by atoms with Crippen molar-refractivity contribution in [1.29, 1.82) is 0 Å². The largest absolute Gasteiger partial charge is 0.489 e. The lowest BCUT2D eigenvalue weighted by molar-refractivity contribution is -0.120. The van der Waals surface area contributed by atoms with Gasteiger partial charge in [0.25, 0.3) is 5.91 Å². The van der Waals surface area contributed by atoms with Gasteiger partial charge in [0.2, 0.25) is 0 Å². The Hall–Kier alpha value is -3.02. The molecule has 29 heavy (non-hydrogen) atoms. The van der Waals surface area contributed by atoms with Crippen LogP contribution in [0.3, 0.4) is 0 Å². The Kier molecular flexibility index (Phi) is 5.18. The van der Waals surface area contributed by atoms with Crippen molar-refractivity contribution >= 4 is 17.6 Å². The van der Waals surface area contributed by atoms with Crippen molar-refractivity contribution in [3.05, 3.63) is 60.2 Å². The first-order valence-electron chi connectivity index (χ1n) is 10.1. The van der Waals surface area contributed by atoms with Gasteiger partial charge in [0.1, 0.15) is 18.4 Å². The number of hydrogen-bond acceptors (Lipinski definition) is 3. The van der Waals surface area contributed by atoms with E-state index in [9.17, 15) is 9.59 Å². The number of fused-ring (bicyclic) bond motifs is 1. The number of rotatable bonds is 2. The van der Waals surface area contributed by atoms with Crippen molar-refractivity contribution in [1.82, 2.24) is 10.2 Å². The lowest BCUT2D eigenvalue weighted by atomic mass is 9.74. The molecule has 1 N–H and O–H groups in total. The van der Waals surface area contributed by atoms with Crippen LogP contribution in [0.2, 0.25) is 0 Å². The first-order chi connectivity index (χ1) is 14.0. The first kappa shape index (κ1) is 19.3. The van der Waals surface area contributed by atoms with Crippen molar-refractivity contribution in [3.63, 3.8) is 0 Å². The van der Waals surface area contributed by atoms with Crippen LogP contribution in [0.15, 0.2) is 54.6 Å². The van der Waals surface area contributed by atoms with E-state index in [1.165, 1.54) is 5.56 Å². The minimum Gasteiger partial charge on any atom is -0.489 e. The van der Waals surface area contributed by atoms with Crippen LogP contribution in [0, 0.1) is 0 Å². The highest BCUT2D eigenvalue weighted by Gasteiger charge is 2.35. The lowest BCUT2D eigenvalue weighted by Gasteiger charge is -2.40. The van der Waals surface area contributed by atoms with Crippen molar-refractivity contribution in [2.45, 2.75) is 31.2 Å². The maximum atomic E-state index is 12.8. The number of nitrogens with zero attached hydrogens (tertiary/aromatic N) is 2. The van der Waals surface area contributed by atoms with E-state index in [2.05, 4.69) is 36.5 Å². The van der Waals surface area contributed by atoms with Gasteiger partial charge in [-0.3, -0.25) is 4.79 Å². The smallest absolute Gasteiger partial charge is 0.318 e. The Morgan fingerprint density at radius 2 is 1.72 bits per heavy atom. The predicted molar refractivity (Wildman–Crippen MR) is 112 cm³/mol. The summed E-state index contributed by atoms with van der Waals surface area (Å²) in [5, 5.41) is 2.88. The maximum Gasteiger partial charge on any atom is 0.318 e. The Bertz CT molecular complexity index is 891. The number of para-hydroxylation sites is 2. The van der Waals surface area contributed by atoms with E-state index in [1.54, 1.807) is 16.8 Å². The quantitative estimate of drug-likeness (QED) is 0.853. The molecule has 1 saturated heterocycles. The molecule has 0 saturated carbocycles. The van der Waals surface area contributed by atoms with E-state index in [-0.39, 0.29) is 24.0 Å². The maximum absolute atomic E-state index is 12.8. The highest BCUT2D eigenvalue weighted by molar-refractivity contribution is 6.00. The van der Waals surface area contributed by atoms with E-state index in [1.807, 2.05) is 30.3 Å². The Labute approximate surface area is 171 Å². The first-order valence-corrected chi connectivity index (χ1v) is 10.1. The average Bonchev–Trinajstić information content (AvgIpc) is 2.87. The van der Waals surface area contributed by atoms with Gasteiger partial charge in [-0.1, -0.05) is 49.4 Å². The summed E-state index contributed by atoms with van der Waals surface area (Å²) >= 11 is 0. The van der Waals surface area contributed by atoms with Gasteiger partial charge >= 0.3 is 6.03 Å². The Balaban J connectivity index is 1.39. The van der Waals surface area contributed by atoms with Gasteiger partial charge in [-0.05, 0) is 36.0 Å². The third-order valence-corrected chi connectivity index (χ3v) is 6.18. The Morgan fingerprint density at radius 3 is 2.45 bits per heavy atom. The summed E-state index contributed by atoms with van der Waals surface area (Å²) in [6, 6.07) is 17.0. The van der Waals surface area contributed by atoms with Crippen LogP contribution >= 0.6 is 0 Å². The number of carbonyl (C=O) groups is 2. The minimum atomic E-state index is -0.706. The zero-order chi connectivity index (χ0) is 20.4. The number of benzene rings is 2. The molecule has 6 nitrogen and oxygen atoms in total. The molecule has 0 radical (unpaired) electrons. The normalized spacial score (nSPS) is 21.0. The van der Waals surface area contributed by atoms with Crippen LogP contribution in [0.5, 0.6) is 5.75 Å². The molecule has 0 aliphatic carbocycles. The monoisotopic (exact) mass is 393 g/mol. The second-order valence-electron chi connectivity index (χ2n) is 8.09. The predicted octanol–water partition coefficient (Wildman–Crippen LogP) is 3.17. The molecule has 1 fully saturated rings. The fourth-order valence-corrected chi connectivity index (χ4v) is 4.13. The molecule has 2 aliphatic heterocycles. The van der Waals surface area contributed by atoms with Gasteiger partial charge in [-0.25, -0.2) is 4.79 Å². The molecule has 152 valence electrons. The number of nitrogens with one attached hydrogen (secondary N) is 1. The molecule has 2 heterocycles. The SMILES string of the molecule is CN1C(=O)[C@@H](NC(=O)N2CCC(C)(c3ccccc3)CC2)COc2ccccc21. The molecule has 6 heteroatoms. The highest BCUT2D eigenvalue weighted by Crippen LogP contribution is 2.35. The summed E-state index contributed by atoms with van der Waals surface area (Å²) in [6.07, 6.45) is 1.79. The van der Waals surface area contributed by atoms with Gasteiger partial charge in [0.05, 0.1) is 5.69 Å². The topological polar surface area (TPSA) is 61.9 Å². The molecule has 3 amide bonds. The number of anilines is 1. The molecule has 4 rings (SSSR count). The van der Waals surface area contributed by atoms with E-state index in [0.29, 0.717) is 24.5 Å². The van der Waals surface area contributed by atoms with Crippen LogP contribution in [-0.4, -0.2) is 49.6 Å². The third-order valence-electron chi connectivity index (χ3n) is 6.18. The molecular formula is C23H27N3O3. The molecule has 2 aromatic rings. The fraction of sp³-hybridized carbons (Fsp3) is 0.391. The second-order valence-corrected chi connectivity index (χ2v) is 8.09. The van der Waals surface area contributed by atoms with E-state index in [4.69, 9.17) is 4.74 Å². The molecule has 2 aromatic carbocycles. The Morgan fingerprint density at radius 1 is 1.07 bits per heavy atom. The number of urea groups is 1. The lowest BCUT2D eigenvalue weighted by Crippen LogP contribution is -2.55. The third kappa shape index (κ3) is 3.79. The van der Waals surface area contributed by atoms with Crippen molar-refractivity contribution in [2.75, 3.05) is 31.6 Å². The summed E-state index contributed by atoms with van der Waals surface area (Å²) in [5.74, 6) is 0.478. The number of likely N-dealkylation sites (tertiary alicyclic amines) is 1. The fourth-order valence-electron chi connectivity index (χ4n) is 4.13. The molecule has 0 bridgehead atoms. The van der Waals surface area contributed by atoms with E-state index >= 15 is 0 Å². The van der Waals surface area contributed by atoms with Gasteiger partial charge in [0, 0.05) is 20.1 Å². The van der Waals surface area contributed by atoms with Crippen LogP contribution in [0.1, 0.15) is 25.3 Å². The molecule has 2 aliphatic rings. The summed E-state index contributed by atoms with van der Waals surface area (Å²) < 4.78 is 5.79. The molecular weight excluding hydrogens is 366 g/mol. The second kappa shape index (κ2) is 7.78. The molecule has 0 unspecified atom stereocenters. The number of piperidine rings is 1. The van der Waals surface area contributed by atoms with Gasteiger partial charge < -0.3 is 19.9 Å². The number of carbonyl (C=O) groups excluding carboxylic acids is 2. The average molecular weight is 393 g/mol. The van der Waals surface area contributed by atoms with Crippen LogP contribution in [0.4, 0.5) is 10.5 Å². The van der Waals surface area contributed by atoms with Crippen LogP contribution < -0.4 is 15.0 Å². The summed E-state index contributed by atoms with van der Waals surface area (Å²) in [6.45, 7) is 3.71. The number of amides is 3. The summed E-state index contributed by atoms with van der Waals surface area (Å²) in [7, 11) is 1.71. The zero-order valence-corrected chi connectivity index (χ0v) is 16.9. The molecule has 1 atom stereocenters.